The Hall–Kier alpha value is -2.63. The molecule has 0 bridgehead atoms. The van der Waals surface area contributed by atoms with Crippen molar-refractivity contribution in [2.75, 3.05) is 20.0 Å². The van der Waals surface area contributed by atoms with Crippen LogP contribution in [0.2, 0.25) is 0 Å². The number of hydrogen-bond acceptors (Lipinski definition) is 0. The van der Waals surface area contributed by atoms with Crippen molar-refractivity contribution in [3.05, 3.63) is 97.1 Å². The summed E-state index contributed by atoms with van der Waals surface area (Å²) >= 11 is 0. The van der Waals surface area contributed by atoms with E-state index in [1.54, 1.807) is 0 Å². The van der Waals surface area contributed by atoms with Crippen LogP contribution in [-0.4, -0.2) is 27.8 Å². The molecule has 0 aliphatic heterocycles. The van der Waals surface area contributed by atoms with E-state index in [1.165, 1.54) is 32.2 Å². The number of hydrogen-bond donors (Lipinski definition) is 0. The summed E-state index contributed by atoms with van der Waals surface area (Å²) in [6.07, 6.45) is 0. The molecule has 0 amide bonds. The van der Waals surface area contributed by atoms with Crippen molar-refractivity contribution < 1.29 is 0 Å². The smallest absolute Gasteiger partial charge is 0.0884 e. The van der Waals surface area contributed by atoms with Crippen molar-refractivity contribution in [1.82, 2.24) is 0 Å². The molecule has 0 N–H and O–H groups in total. The first-order chi connectivity index (χ1) is 13.9. The molecule has 5 rings (SSSR count). The van der Waals surface area contributed by atoms with E-state index in [9.17, 15) is 0 Å². The fourth-order valence-electron chi connectivity index (χ4n) is 3.71. The van der Waals surface area contributed by atoms with Crippen molar-refractivity contribution in [3.63, 3.8) is 0 Å². The minimum absolute atomic E-state index is 0.768. The summed E-state index contributed by atoms with van der Waals surface area (Å²) in [5, 5.41) is 8.86. The first-order valence-corrected chi connectivity index (χ1v) is 13.0. The molecule has 0 heterocycles. The van der Waals surface area contributed by atoms with Gasteiger partial charge in [-0.3, -0.25) is 0 Å². The second kappa shape index (κ2) is 8.01. The summed E-state index contributed by atoms with van der Waals surface area (Å²) in [7, 11) is 5.40. The average molecular weight is 391 g/mol. The lowest BCUT2D eigenvalue weighted by molar-refractivity contribution is 1.75. The van der Waals surface area contributed by atoms with E-state index in [0.29, 0.717) is 0 Å². The fraction of sp³-hybridized carbons (Fsp3) is 0.111. The van der Waals surface area contributed by atoms with Crippen LogP contribution in [0.3, 0.4) is 0 Å². The Morgan fingerprint density at radius 1 is 0.552 bits per heavy atom. The van der Waals surface area contributed by atoms with Gasteiger partial charge in [-0.05, 0) is 56.6 Å². The molecule has 5 aromatic rings. The van der Waals surface area contributed by atoms with E-state index < -0.39 is 7.26 Å². The highest BCUT2D eigenvalue weighted by Crippen LogP contribution is 2.44. The molecule has 0 saturated heterocycles. The highest BCUT2D eigenvalue weighted by atomic mass is 31.2. The summed E-state index contributed by atoms with van der Waals surface area (Å²) in [5.41, 5.74) is 0.846. The Balaban J connectivity index is 0.000000174. The van der Waals surface area contributed by atoms with Gasteiger partial charge in [0.05, 0.1) is 25.3 Å². The van der Waals surface area contributed by atoms with Crippen LogP contribution < -0.4 is 10.8 Å². The second-order valence-corrected chi connectivity index (χ2v) is 12.8. The van der Waals surface area contributed by atoms with E-state index in [0.717, 1.165) is 10.8 Å². The Morgan fingerprint density at radius 2 is 1.14 bits per heavy atom. The van der Waals surface area contributed by atoms with Gasteiger partial charge >= 0.3 is 0 Å². The van der Waals surface area contributed by atoms with E-state index in [4.69, 9.17) is 7.85 Å². The summed E-state index contributed by atoms with van der Waals surface area (Å²) in [6, 6.07) is 34.0. The third-order valence-corrected chi connectivity index (χ3v) is 7.14. The van der Waals surface area contributed by atoms with E-state index in [-0.39, 0.29) is 0 Å². The lowest BCUT2D eigenvalue weighted by Crippen LogP contribution is -2.05. The van der Waals surface area contributed by atoms with Crippen LogP contribution in [0, 0.1) is 0 Å². The summed E-state index contributed by atoms with van der Waals surface area (Å²) in [5.74, 6) is 0. The van der Waals surface area contributed by atoms with Crippen molar-refractivity contribution in [2.45, 2.75) is 0 Å². The van der Waals surface area contributed by atoms with Crippen LogP contribution >= 0.6 is 7.26 Å². The molecule has 0 spiro atoms. The normalized spacial score (nSPS) is 11.4. The van der Waals surface area contributed by atoms with E-state index in [2.05, 4.69) is 105 Å². The first kappa shape index (κ1) is 19.7. The van der Waals surface area contributed by atoms with Gasteiger partial charge in [0.15, 0.2) is 0 Å². The van der Waals surface area contributed by atoms with Crippen LogP contribution in [-0.2, 0) is 0 Å². The molecular formula is C27H25BP+. The Kier molecular flexibility index (Phi) is 5.44. The highest BCUT2D eigenvalue weighted by Gasteiger charge is 2.19. The third kappa shape index (κ3) is 4.21. The minimum atomic E-state index is -0.768. The van der Waals surface area contributed by atoms with Gasteiger partial charge in [0.25, 0.3) is 0 Å². The molecule has 0 aromatic heterocycles. The molecular weight excluding hydrogens is 366 g/mol. The molecule has 0 nitrogen and oxygen atoms in total. The zero-order valence-electron chi connectivity index (χ0n) is 17.3. The number of rotatable bonds is 1. The molecule has 2 heteroatoms. The van der Waals surface area contributed by atoms with Gasteiger partial charge in [0, 0.05) is 7.26 Å². The Bertz CT molecular complexity index is 1280. The molecule has 0 saturated carbocycles. The lowest BCUT2D eigenvalue weighted by atomic mass is 9.87. The number of benzene rings is 5. The summed E-state index contributed by atoms with van der Waals surface area (Å²) in [6.45, 7) is 7.01. The molecule has 140 valence electrons. The predicted octanol–water partition coefficient (Wildman–Crippen LogP) is 6.16. The van der Waals surface area contributed by atoms with E-state index >= 15 is 0 Å². The molecule has 0 atom stereocenters. The molecule has 0 unspecified atom stereocenters. The molecule has 29 heavy (non-hydrogen) atoms. The summed E-state index contributed by atoms with van der Waals surface area (Å²) < 4.78 is 0. The van der Waals surface area contributed by atoms with Gasteiger partial charge in [-0.15, -0.1) is 0 Å². The van der Waals surface area contributed by atoms with Crippen molar-refractivity contribution >= 4 is 58.2 Å². The van der Waals surface area contributed by atoms with Gasteiger partial charge in [-0.2, -0.15) is 0 Å². The van der Waals surface area contributed by atoms with Crippen molar-refractivity contribution in [3.8, 4) is 0 Å². The Labute approximate surface area is 175 Å². The van der Waals surface area contributed by atoms with Crippen molar-refractivity contribution in [1.29, 1.82) is 0 Å². The van der Waals surface area contributed by atoms with Gasteiger partial charge in [-0.25, -0.2) is 0 Å². The predicted molar refractivity (Wildman–Crippen MR) is 135 cm³/mol. The largest absolute Gasteiger partial charge is 0.114 e. The van der Waals surface area contributed by atoms with Gasteiger partial charge in [-0.1, -0.05) is 78.3 Å². The zero-order chi connectivity index (χ0) is 20.4. The third-order valence-electron chi connectivity index (χ3n) is 5.29. The maximum Gasteiger partial charge on any atom is 0.114 e. The van der Waals surface area contributed by atoms with Crippen LogP contribution in [0.25, 0.3) is 32.3 Å². The van der Waals surface area contributed by atoms with E-state index in [1.807, 2.05) is 12.1 Å². The fourth-order valence-corrected chi connectivity index (χ4v) is 4.77. The maximum absolute atomic E-state index is 6.17. The maximum atomic E-state index is 6.17. The van der Waals surface area contributed by atoms with Gasteiger partial charge in [0.2, 0.25) is 0 Å². The lowest BCUT2D eigenvalue weighted by Gasteiger charge is -2.10. The average Bonchev–Trinajstić information content (AvgIpc) is 2.73. The van der Waals surface area contributed by atoms with Crippen molar-refractivity contribution in [2.24, 2.45) is 0 Å². The van der Waals surface area contributed by atoms with Crippen LogP contribution in [0.5, 0.6) is 0 Å². The summed E-state index contributed by atoms with van der Waals surface area (Å²) in [4.78, 5) is 0. The second-order valence-electron chi connectivity index (χ2n) is 8.28. The highest BCUT2D eigenvalue weighted by molar-refractivity contribution is 7.80. The Morgan fingerprint density at radius 3 is 1.79 bits per heavy atom. The molecule has 5 aromatic carbocycles. The molecule has 0 aliphatic rings. The zero-order valence-corrected chi connectivity index (χ0v) is 18.2. The standard InChI is InChI=1S/C18H11B.C9H14P/c19-17-7-3-6-12-8-9-15-10-13-4-1-2-5-14(13)11-16(15)18(12)17;1-10(2,3)9-7-5-4-6-8-9/h1-11H;4-8H,1-3H3/q;+1. The van der Waals surface area contributed by atoms with Gasteiger partial charge < -0.3 is 0 Å². The quantitative estimate of drug-likeness (QED) is 0.139. The van der Waals surface area contributed by atoms with Crippen LogP contribution in [0.4, 0.5) is 0 Å². The molecule has 0 fully saturated rings. The minimum Gasteiger partial charge on any atom is -0.0884 e. The first-order valence-electron chi connectivity index (χ1n) is 9.90. The molecule has 2 radical (unpaired) electrons. The van der Waals surface area contributed by atoms with Crippen LogP contribution in [0.1, 0.15) is 0 Å². The monoisotopic (exact) mass is 391 g/mol. The van der Waals surface area contributed by atoms with Crippen LogP contribution in [0.15, 0.2) is 97.1 Å². The SMILES string of the molecule is C[P+](C)(C)c1ccccc1.[B]c1cccc2ccc3cc4ccccc4cc3c12. The number of fused-ring (bicyclic) bond motifs is 4. The van der Waals surface area contributed by atoms with Gasteiger partial charge in [0.1, 0.15) is 7.85 Å². The molecule has 0 aliphatic carbocycles. The topological polar surface area (TPSA) is 0 Å².